The molecular formula is C16H25N3O. The van der Waals surface area contributed by atoms with Gasteiger partial charge in [-0.2, -0.15) is 0 Å². The minimum Gasteiger partial charge on any atom is -0.373 e. The van der Waals surface area contributed by atoms with E-state index in [0.717, 1.165) is 24.4 Å². The molecule has 0 spiro atoms. The maximum atomic E-state index is 12.4. The molecule has 0 radical (unpaired) electrons. The second-order valence-corrected chi connectivity index (χ2v) is 5.69. The SMILES string of the molecule is CCCc1cc(C(=O)NC(C)C2CCC2)cc(NC)n1. The minimum atomic E-state index is 0.0145. The summed E-state index contributed by atoms with van der Waals surface area (Å²) in [5.41, 5.74) is 1.68. The minimum absolute atomic E-state index is 0.0145. The first-order chi connectivity index (χ1) is 9.63. The zero-order valence-electron chi connectivity index (χ0n) is 12.7. The molecule has 1 saturated carbocycles. The van der Waals surface area contributed by atoms with Crippen molar-refractivity contribution in [1.29, 1.82) is 0 Å². The third kappa shape index (κ3) is 3.50. The van der Waals surface area contributed by atoms with E-state index >= 15 is 0 Å². The van der Waals surface area contributed by atoms with Crippen molar-refractivity contribution in [3.05, 3.63) is 23.4 Å². The van der Waals surface area contributed by atoms with Gasteiger partial charge in [-0.3, -0.25) is 4.79 Å². The van der Waals surface area contributed by atoms with Crippen LogP contribution >= 0.6 is 0 Å². The summed E-state index contributed by atoms with van der Waals surface area (Å²) < 4.78 is 0. The number of nitrogens with zero attached hydrogens (tertiary/aromatic N) is 1. The zero-order chi connectivity index (χ0) is 14.5. The Bertz CT molecular complexity index is 469. The maximum Gasteiger partial charge on any atom is 0.251 e. The molecule has 1 unspecified atom stereocenters. The second-order valence-electron chi connectivity index (χ2n) is 5.69. The summed E-state index contributed by atoms with van der Waals surface area (Å²) in [5.74, 6) is 1.43. The predicted octanol–water partition coefficient (Wildman–Crippen LogP) is 2.99. The fraction of sp³-hybridized carbons (Fsp3) is 0.625. The molecule has 0 bridgehead atoms. The van der Waals surface area contributed by atoms with Crippen LogP contribution < -0.4 is 10.6 Å². The first-order valence-corrected chi connectivity index (χ1v) is 7.63. The van der Waals surface area contributed by atoms with E-state index in [1.54, 1.807) is 0 Å². The molecule has 1 aliphatic rings. The molecule has 1 amide bonds. The lowest BCUT2D eigenvalue weighted by Gasteiger charge is -2.31. The molecule has 0 aromatic carbocycles. The number of pyridine rings is 1. The van der Waals surface area contributed by atoms with Gasteiger partial charge in [-0.25, -0.2) is 4.98 Å². The Kier molecular flexibility index (Phi) is 4.99. The first kappa shape index (κ1) is 14.8. The lowest BCUT2D eigenvalue weighted by Crippen LogP contribution is -2.40. The maximum absolute atomic E-state index is 12.4. The van der Waals surface area contributed by atoms with Crippen LogP contribution in [0.5, 0.6) is 0 Å². The van der Waals surface area contributed by atoms with Crippen molar-refractivity contribution in [2.75, 3.05) is 12.4 Å². The van der Waals surface area contributed by atoms with Gasteiger partial charge in [-0.05, 0) is 44.2 Å². The molecule has 4 heteroatoms. The Hall–Kier alpha value is -1.58. The number of nitrogens with one attached hydrogen (secondary N) is 2. The summed E-state index contributed by atoms with van der Waals surface area (Å²) in [4.78, 5) is 16.8. The van der Waals surface area contributed by atoms with Gasteiger partial charge in [0, 0.05) is 24.3 Å². The lowest BCUT2D eigenvalue weighted by molar-refractivity contribution is 0.0909. The van der Waals surface area contributed by atoms with Crippen LogP contribution in [-0.2, 0) is 6.42 Å². The highest BCUT2D eigenvalue weighted by Gasteiger charge is 2.25. The van der Waals surface area contributed by atoms with E-state index in [1.807, 2.05) is 19.2 Å². The van der Waals surface area contributed by atoms with Crippen LogP contribution in [0.1, 0.15) is 55.6 Å². The van der Waals surface area contributed by atoms with Gasteiger partial charge in [0.05, 0.1) is 0 Å². The predicted molar refractivity (Wildman–Crippen MR) is 82.0 cm³/mol. The molecule has 1 aromatic heterocycles. The zero-order valence-corrected chi connectivity index (χ0v) is 12.7. The highest BCUT2D eigenvalue weighted by atomic mass is 16.1. The van der Waals surface area contributed by atoms with Gasteiger partial charge in [0.2, 0.25) is 0 Å². The normalized spacial score (nSPS) is 16.4. The van der Waals surface area contributed by atoms with Crippen molar-refractivity contribution in [2.45, 2.75) is 52.0 Å². The molecule has 1 aromatic rings. The second kappa shape index (κ2) is 6.73. The molecule has 2 N–H and O–H groups in total. The highest BCUT2D eigenvalue weighted by molar-refractivity contribution is 5.95. The quantitative estimate of drug-likeness (QED) is 0.839. The number of hydrogen-bond donors (Lipinski definition) is 2. The number of amides is 1. The number of carbonyl (C=O) groups is 1. The van der Waals surface area contributed by atoms with E-state index in [1.165, 1.54) is 19.3 Å². The van der Waals surface area contributed by atoms with E-state index in [-0.39, 0.29) is 11.9 Å². The van der Waals surface area contributed by atoms with Gasteiger partial charge in [0.25, 0.3) is 5.91 Å². The standard InChI is InChI=1S/C16H25N3O/c1-4-6-14-9-13(10-15(17-3)19-14)16(20)18-11(2)12-7-5-8-12/h9-12H,4-8H2,1-3H3,(H,17,19)(H,18,20). The molecule has 4 nitrogen and oxygen atoms in total. The van der Waals surface area contributed by atoms with Gasteiger partial charge < -0.3 is 10.6 Å². The largest absolute Gasteiger partial charge is 0.373 e. The molecule has 20 heavy (non-hydrogen) atoms. The topological polar surface area (TPSA) is 54.0 Å². The lowest BCUT2D eigenvalue weighted by atomic mass is 9.80. The van der Waals surface area contributed by atoms with Crippen molar-refractivity contribution in [2.24, 2.45) is 5.92 Å². The molecule has 1 heterocycles. The fourth-order valence-electron chi connectivity index (χ4n) is 2.58. The molecule has 0 saturated heterocycles. The van der Waals surface area contributed by atoms with Crippen LogP contribution in [0.25, 0.3) is 0 Å². The summed E-state index contributed by atoms with van der Waals surface area (Å²) in [5, 5.41) is 6.15. The first-order valence-electron chi connectivity index (χ1n) is 7.63. The van der Waals surface area contributed by atoms with Crippen LogP contribution in [0.3, 0.4) is 0 Å². The van der Waals surface area contributed by atoms with E-state index in [4.69, 9.17) is 0 Å². The molecule has 2 rings (SSSR count). The summed E-state index contributed by atoms with van der Waals surface area (Å²) in [7, 11) is 1.83. The number of aryl methyl sites for hydroxylation is 1. The van der Waals surface area contributed by atoms with Gasteiger partial charge in [-0.15, -0.1) is 0 Å². The average Bonchev–Trinajstić information content (AvgIpc) is 2.36. The van der Waals surface area contributed by atoms with E-state index in [0.29, 0.717) is 11.5 Å². The van der Waals surface area contributed by atoms with E-state index in [2.05, 4.69) is 29.5 Å². The number of aromatic nitrogens is 1. The molecule has 110 valence electrons. The Morgan fingerprint density at radius 3 is 2.75 bits per heavy atom. The fourth-order valence-corrected chi connectivity index (χ4v) is 2.58. The van der Waals surface area contributed by atoms with Gasteiger partial charge in [0.15, 0.2) is 0 Å². The average molecular weight is 275 g/mol. The number of rotatable bonds is 6. The summed E-state index contributed by atoms with van der Waals surface area (Å²) in [6, 6.07) is 3.99. The van der Waals surface area contributed by atoms with Crippen molar-refractivity contribution < 1.29 is 4.79 Å². The third-order valence-corrected chi connectivity index (χ3v) is 4.12. The number of anilines is 1. The Labute approximate surface area is 121 Å². The van der Waals surface area contributed by atoms with E-state index in [9.17, 15) is 4.79 Å². The van der Waals surface area contributed by atoms with Gasteiger partial charge in [0.1, 0.15) is 5.82 Å². The highest BCUT2D eigenvalue weighted by Crippen LogP contribution is 2.29. The van der Waals surface area contributed by atoms with Crippen molar-refractivity contribution in [1.82, 2.24) is 10.3 Å². The molecule has 1 fully saturated rings. The monoisotopic (exact) mass is 275 g/mol. The molecular weight excluding hydrogens is 250 g/mol. The molecule has 0 aliphatic heterocycles. The summed E-state index contributed by atoms with van der Waals surface area (Å²) >= 11 is 0. The molecule has 1 aliphatic carbocycles. The summed E-state index contributed by atoms with van der Waals surface area (Å²) in [6.45, 7) is 4.22. The molecule has 1 atom stereocenters. The Balaban J connectivity index is 2.09. The number of carbonyl (C=O) groups excluding carboxylic acids is 1. The van der Waals surface area contributed by atoms with Gasteiger partial charge in [-0.1, -0.05) is 19.8 Å². The third-order valence-electron chi connectivity index (χ3n) is 4.12. The smallest absolute Gasteiger partial charge is 0.251 e. The van der Waals surface area contributed by atoms with Crippen LogP contribution in [0.4, 0.5) is 5.82 Å². The van der Waals surface area contributed by atoms with Crippen molar-refractivity contribution >= 4 is 11.7 Å². The van der Waals surface area contributed by atoms with Crippen molar-refractivity contribution in [3.63, 3.8) is 0 Å². The number of hydrogen-bond acceptors (Lipinski definition) is 3. The van der Waals surface area contributed by atoms with Crippen molar-refractivity contribution in [3.8, 4) is 0 Å². The van der Waals surface area contributed by atoms with Crippen LogP contribution in [0, 0.1) is 5.92 Å². The summed E-state index contributed by atoms with van der Waals surface area (Å²) in [6.07, 6.45) is 5.69. The Morgan fingerprint density at radius 2 is 2.20 bits per heavy atom. The van der Waals surface area contributed by atoms with Gasteiger partial charge >= 0.3 is 0 Å². The van der Waals surface area contributed by atoms with Crippen LogP contribution in [0.2, 0.25) is 0 Å². The van der Waals surface area contributed by atoms with E-state index < -0.39 is 0 Å². The van der Waals surface area contributed by atoms with Crippen LogP contribution in [-0.4, -0.2) is 24.0 Å². The Morgan fingerprint density at radius 1 is 1.45 bits per heavy atom. The van der Waals surface area contributed by atoms with Crippen LogP contribution in [0.15, 0.2) is 12.1 Å².